The maximum absolute atomic E-state index is 12.4. The number of thioether (sulfide) groups is 1. The summed E-state index contributed by atoms with van der Waals surface area (Å²) in [5.41, 5.74) is 4.79. The van der Waals surface area contributed by atoms with Crippen LogP contribution in [0.5, 0.6) is 0 Å². The van der Waals surface area contributed by atoms with Gasteiger partial charge in [-0.2, -0.15) is 11.8 Å². The molecule has 0 aliphatic heterocycles. The van der Waals surface area contributed by atoms with Gasteiger partial charge in [-0.1, -0.05) is 66.7 Å². The largest absolute Gasteiger partial charge is 0.480 e. The van der Waals surface area contributed by atoms with Gasteiger partial charge >= 0.3 is 12.1 Å². The van der Waals surface area contributed by atoms with Crippen molar-refractivity contribution >= 4 is 29.5 Å². The molecule has 3 aromatic rings. The number of carbonyl (C=O) groups excluding carboxylic acids is 1. The number of carbonyl (C=O) groups is 2. The quantitative estimate of drug-likeness (QED) is 0.334. The molecule has 0 saturated carbocycles. The third-order valence-electron chi connectivity index (χ3n) is 5.66. The monoisotopic (exact) mass is 478 g/mol. The Bertz CT molecular complexity index is 1190. The van der Waals surface area contributed by atoms with Crippen LogP contribution in [0.15, 0.2) is 72.8 Å². The molecule has 0 aromatic heterocycles. The second-order valence-corrected chi connectivity index (χ2v) is 8.79. The Labute approximate surface area is 200 Å². The minimum Gasteiger partial charge on any atom is -0.480 e. The highest BCUT2D eigenvalue weighted by molar-refractivity contribution is 7.98. The van der Waals surface area contributed by atoms with Gasteiger partial charge in [0, 0.05) is 29.1 Å². The average Bonchev–Trinajstić information content (AvgIpc) is 3.16. The Morgan fingerprint density at radius 2 is 1.59 bits per heavy atom. The molecule has 1 atom stereocenters. The van der Waals surface area contributed by atoms with Gasteiger partial charge in [0.25, 0.3) is 5.69 Å². The van der Waals surface area contributed by atoms with Gasteiger partial charge in [0.15, 0.2) is 0 Å². The lowest BCUT2D eigenvalue weighted by atomic mass is 9.98. The second-order valence-electron chi connectivity index (χ2n) is 7.76. The van der Waals surface area contributed by atoms with Crippen LogP contribution < -0.4 is 5.32 Å². The SMILES string of the molecule is O=C(NC(CSCc1ccccc1[N+](=O)[O-])C(=O)O)OCC1c2ccccc2-c2ccccc21. The number of hydrogen-bond acceptors (Lipinski definition) is 6. The number of nitrogens with one attached hydrogen (secondary N) is 1. The van der Waals surface area contributed by atoms with E-state index in [9.17, 15) is 24.8 Å². The first kappa shape index (κ1) is 23.3. The molecule has 0 saturated heterocycles. The number of fused-ring (bicyclic) bond motifs is 3. The predicted molar refractivity (Wildman–Crippen MR) is 129 cm³/mol. The summed E-state index contributed by atoms with van der Waals surface area (Å²) in [6.45, 7) is 0.0789. The normalized spacial score (nSPS) is 12.9. The fraction of sp³-hybridized carbons (Fsp3) is 0.200. The van der Waals surface area contributed by atoms with Crippen molar-refractivity contribution in [2.75, 3.05) is 12.4 Å². The van der Waals surface area contributed by atoms with Gasteiger partial charge < -0.3 is 15.2 Å². The number of carboxylic acids is 1. The summed E-state index contributed by atoms with van der Waals surface area (Å²) in [6.07, 6.45) is -0.819. The van der Waals surface area contributed by atoms with E-state index < -0.39 is 23.0 Å². The fourth-order valence-electron chi connectivity index (χ4n) is 4.05. The highest BCUT2D eigenvalue weighted by Crippen LogP contribution is 2.44. The number of aliphatic carboxylic acids is 1. The van der Waals surface area contributed by atoms with Gasteiger partial charge in [-0.05, 0) is 22.3 Å². The molecule has 174 valence electrons. The first-order chi connectivity index (χ1) is 16.5. The molecule has 0 bridgehead atoms. The first-order valence-corrected chi connectivity index (χ1v) is 11.8. The van der Waals surface area contributed by atoms with E-state index in [1.807, 2.05) is 48.5 Å². The highest BCUT2D eigenvalue weighted by Gasteiger charge is 2.29. The van der Waals surface area contributed by atoms with Crippen molar-refractivity contribution in [1.82, 2.24) is 5.32 Å². The smallest absolute Gasteiger partial charge is 0.407 e. The summed E-state index contributed by atoms with van der Waals surface area (Å²) in [7, 11) is 0. The number of benzene rings is 3. The lowest BCUT2D eigenvalue weighted by Gasteiger charge is -2.17. The average molecular weight is 479 g/mol. The number of amides is 1. The van der Waals surface area contributed by atoms with Crippen molar-refractivity contribution in [3.63, 3.8) is 0 Å². The van der Waals surface area contributed by atoms with Crippen LogP contribution >= 0.6 is 11.8 Å². The number of nitro benzene ring substituents is 1. The van der Waals surface area contributed by atoms with Crippen molar-refractivity contribution < 1.29 is 24.4 Å². The lowest BCUT2D eigenvalue weighted by molar-refractivity contribution is -0.385. The maximum Gasteiger partial charge on any atom is 0.407 e. The van der Waals surface area contributed by atoms with E-state index in [4.69, 9.17) is 4.74 Å². The number of para-hydroxylation sites is 1. The minimum absolute atomic E-state index is 0.0219. The van der Waals surface area contributed by atoms with Gasteiger partial charge in [0.1, 0.15) is 12.6 Å². The number of nitrogens with zero attached hydrogens (tertiary/aromatic N) is 1. The van der Waals surface area contributed by atoms with Gasteiger partial charge in [-0.3, -0.25) is 10.1 Å². The van der Waals surface area contributed by atoms with Crippen LogP contribution in [0.3, 0.4) is 0 Å². The Balaban J connectivity index is 1.34. The molecule has 2 N–H and O–H groups in total. The minimum atomic E-state index is -1.21. The number of rotatable bonds is 9. The van der Waals surface area contributed by atoms with E-state index in [-0.39, 0.29) is 29.7 Å². The number of ether oxygens (including phenoxy) is 1. The van der Waals surface area contributed by atoms with Gasteiger partial charge in [0.05, 0.1) is 4.92 Å². The van der Waals surface area contributed by atoms with Crippen molar-refractivity contribution in [3.8, 4) is 11.1 Å². The van der Waals surface area contributed by atoms with E-state index in [1.54, 1.807) is 18.2 Å². The Hall–Kier alpha value is -3.85. The molecule has 1 aliphatic carbocycles. The Morgan fingerprint density at radius 1 is 1.00 bits per heavy atom. The topological polar surface area (TPSA) is 119 Å². The zero-order chi connectivity index (χ0) is 24.1. The third kappa shape index (κ3) is 5.04. The summed E-state index contributed by atoms with van der Waals surface area (Å²) in [5, 5.41) is 23.0. The van der Waals surface area contributed by atoms with Gasteiger partial charge in [-0.15, -0.1) is 0 Å². The fourth-order valence-corrected chi connectivity index (χ4v) is 5.10. The predicted octanol–water partition coefficient (Wildman–Crippen LogP) is 4.82. The molecule has 1 amide bonds. The molecule has 0 fully saturated rings. The van der Waals surface area contributed by atoms with Crippen molar-refractivity contribution in [3.05, 3.63) is 99.6 Å². The molecular weight excluding hydrogens is 456 g/mol. The van der Waals surface area contributed by atoms with Crippen LogP contribution in [0.25, 0.3) is 11.1 Å². The number of hydrogen-bond donors (Lipinski definition) is 2. The molecule has 4 rings (SSSR count). The molecule has 34 heavy (non-hydrogen) atoms. The highest BCUT2D eigenvalue weighted by atomic mass is 32.2. The van der Waals surface area contributed by atoms with Crippen LogP contribution in [0, 0.1) is 10.1 Å². The molecule has 3 aromatic carbocycles. The summed E-state index contributed by atoms with van der Waals surface area (Å²) in [5.74, 6) is -1.06. The van der Waals surface area contributed by atoms with Gasteiger partial charge in [0.2, 0.25) is 0 Å². The molecule has 8 nitrogen and oxygen atoms in total. The Kier molecular flexibility index (Phi) is 7.12. The first-order valence-electron chi connectivity index (χ1n) is 10.6. The molecule has 9 heteroatoms. The maximum atomic E-state index is 12.4. The van der Waals surface area contributed by atoms with E-state index in [0.29, 0.717) is 5.56 Å². The molecule has 1 aliphatic rings. The molecular formula is C25H22N2O6S. The van der Waals surface area contributed by atoms with Crippen molar-refractivity contribution in [2.45, 2.75) is 17.7 Å². The summed E-state index contributed by atoms with van der Waals surface area (Å²) in [4.78, 5) is 34.7. The zero-order valence-corrected chi connectivity index (χ0v) is 18.9. The Morgan fingerprint density at radius 3 is 2.21 bits per heavy atom. The lowest BCUT2D eigenvalue weighted by Crippen LogP contribution is -2.43. The molecule has 0 radical (unpaired) electrons. The second kappa shape index (κ2) is 10.4. The summed E-state index contributed by atoms with van der Waals surface area (Å²) in [6, 6.07) is 21.0. The van der Waals surface area contributed by atoms with Gasteiger partial charge in [-0.25, -0.2) is 9.59 Å². The van der Waals surface area contributed by atoms with E-state index >= 15 is 0 Å². The van der Waals surface area contributed by atoms with Crippen LogP contribution in [0.4, 0.5) is 10.5 Å². The van der Waals surface area contributed by atoms with E-state index in [2.05, 4.69) is 5.32 Å². The van der Waals surface area contributed by atoms with E-state index in [1.165, 1.54) is 17.8 Å². The van der Waals surface area contributed by atoms with E-state index in [0.717, 1.165) is 22.3 Å². The molecule has 0 heterocycles. The molecule has 0 spiro atoms. The molecule has 1 unspecified atom stereocenters. The van der Waals surface area contributed by atoms with Crippen LogP contribution in [-0.2, 0) is 15.3 Å². The van der Waals surface area contributed by atoms with Crippen LogP contribution in [0.1, 0.15) is 22.6 Å². The number of nitro groups is 1. The zero-order valence-electron chi connectivity index (χ0n) is 18.0. The summed E-state index contributed by atoms with van der Waals surface area (Å²) < 4.78 is 5.42. The van der Waals surface area contributed by atoms with Crippen LogP contribution in [0.2, 0.25) is 0 Å². The third-order valence-corrected chi connectivity index (χ3v) is 6.75. The van der Waals surface area contributed by atoms with Crippen molar-refractivity contribution in [2.24, 2.45) is 0 Å². The van der Waals surface area contributed by atoms with Crippen LogP contribution in [-0.4, -0.2) is 40.5 Å². The van der Waals surface area contributed by atoms with Crippen molar-refractivity contribution in [1.29, 1.82) is 0 Å². The summed E-state index contributed by atoms with van der Waals surface area (Å²) >= 11 is 1.19. The number of carboxylic acid groups (broad SMARTS) is 1. The number of alkyl carbamates (subject to hydrolysis) is 1. The standard InChI is InChI=1S/C25H22N2O6S/c28-24(29)22(15-34-14-16-7-1-6-12-23(16)27(31)32)26-25(30)33-13-21-19-10-4-2-8-17(19)18-9-3-5-11-20(18)21/h1-12,21-22H,13-15H2,(H,26,30)(H,28,29).